The number of aromatic nitrogens is 3. The van der Waals surface area contributed by atoms with Crippen molar-refractivity contribution in [2.45, 2.75) is 39.0 Å². The molecule has 1 saturated heterocycles. The van der Waals surface area contributed by atoms with Crippen molar-refractivity contribution in [3.8, 4) is 0 Å². The molecule has 1 aliphatic heterocycles. The number of aliphatic imine (C=N–C) groups is 1. The monoisotopic (exact) mass is 497 g/mol. The van der Waals surface area contributed by atoms with Crippen LogP contribution in [0.25, 0.3) is 21.9 Å². The number of amides is 1. The van der Waals surface area contributed by atoms with E-state index in [-0.39, 0.29) is 5.91 Å². The average Bonchev–Trinajstić information content (AvgIpc) is 3.29. The number of anilines is 1. The van der Waals surface area contributed by atoms with Crippen molar-refractivity contribution < 1.29 is 4.79 Å². The molecule has 0 saturated carbocycles. The molecule has 8 nitrogen and oxygen atoms in total. The van der Waals surface area contributed by atoms with E-state index in [2.05, 4.69) is 37.6 Å². The van der Waals surface area contributed by atoms with Gasteiger partial charge in [0.1, 0.15) is 17.3 Å². The van der Waals surface area contributed by atoms with Gasteiger partial charge in [-0.1, -0.05) is 42.8 Å². The van der Waals surface area contributed by atoms with Crippen LogP contribution in [0.5, 0.6) is 0 Å². The largest absolute Gasteiger partial charge is 0.369 e. The number of likely N-dealkylation sites (tertiary alicyclic amines) is 1. The summed E-state index contributed by atoms with van der Waals surface area (Å²) in [5.74, 6) is 1.99. The van der Waals surface area contributed by atoms with Crippen LogP contribution in [0, 0.1) is 0 Å². The molecule has 5 rings (SSSR count). The summed E-state index contributed by atoms with van der Waals surface area (Å²) in [6.07, 6.45) is 5.68. The molecule has 3 heterocycles. The smallest absolute Gasteiger partial charge is 0.256 e. The second-order valence-electron chi connectivity index (χ2n) is 9.71. The zero-order valence-electron chi connectivity index (χ0n) is 21.7. The van der Waals surface area contributed by atoms with Crippen LogP contribution < -0.4 is 10.6 Å². The Labute approximate surface area is 217 Å². The molecule has 1 fully saturated rings. The summed E-state index contributed by atoms with van der Waals surface area (Å²) in [4.78, 5) is 32.5. The highest BCUT2D eigenvalue weighted by atomic mass is 16.1. The third-order valence-corrected chi connectivity index (χ3v) is 6.99. The molecule has 37 heavy (non-hydrogen) atoms. The first-order valence-electron chi connectivity index (χ1n) is 13.2. The fourth-order valence-corrected chi connectivity index (χ4v) is 4.96. The number of H-pyrrole nitrogens is 1. The molecule has 0 atom stereocenters. The fraction of sp³-hybridized carbons (Fsp3) is 0.379. The van der Waals surface area contributed by atoms with Crippen molar-refractivity contribution in [1.29, 1.82) is 0 Å². The number of carbonyl (C=O) groups excluding carboxylic acids is 1. The van der Waals surface area contributed by atoms with E-state index in [4.69, 9.17) is 9.97 Å². The number of nitrogens with one attached hydrogen (secondary N) is 3. The number of fused-ring (bicyclic) bond motifs is 3. The summed E-state index contributed by atoms with van der Waals surface area (Å²) < 4.78 is 0. The number of hydrogen-bond acceptors (Lipinski definition) is 6. The van der Waals surface area contributed by atoms with Crippen LogP contribution >= 0.6 is 0 Å². The van der Waals surface area contributed by atoms with Gasteiger partial charge < -0.3 is 20.5 Å². The van der Waals surface area contributed by atoms with Crippen LogP contribution in [0.15, 0.2) is 53.5 Å². The number of carbonyl (C=O) groups is 1. The Balaban J connectivity index is 1.44. The lowest BCUT2D eigenvalue weighted by molar-refractivity contribution is 0.0977. The molecule has 192 valence electrons. The van der Waals surface area contributed by atoms with Crippen LogP contribution in [-0.2, 0) is 6.42 Å². The van der Waals surface area contributed by atoms with Gasteiger partial charge in [0.25, 0.3) is 5.91 Å². The first-order valence-corrected chi connectivity index (χ1v) is 13.2. The number of rotatable bonds is 8. The lowest BCUT2D eigenvalue weighted by Crippen LogP contribution is -2.31. The number of nitrogens with zero attached hydrogens (tertiary/aromatic N) is 4. The molecule has 2 aromatic carbocycles. The topological polar surface area (TPSA) is 98.3 Å². The first-order chi connectivity index (χ1) is 18.1. The van der Waals surface area contributed by atoms with E-state index in [1.165, 1.54) is 37.9 Å². The minimum absolute atomic E-state index is 0.185. The third-order valence-electron chi connectivity index (χ3n) is 6.99. The minimum Gasteiger partial charge on any atom is -0.369 e. The van der Waals surface area contributed by atoms with Crippen LogP contribution in [-0.4, -0.2) is 64.8 Å². The lowest BCUT2D eigenvalue weighted by atomic mass is 10.1. The van der Waals surface area contributed by atoms with E-state index in [0.717, 1.165) is 53.1 Å². The molecular formula is C29H35N7O. The van der Waals surface area contributed by atoms with E-state index in [1.54, 1.807) is 14.0 Å². The predicted octanol–water partition coefficient (Wildman–Crippen LogP) is 4.77. The molecule has 4 aromatic rings. The van der Waals surface area contributed by atoms with Gasteiger partial charge in [-0.05, 0) is 63.5 Å². The summed E-state index contributed by atoms with van der Waals surface area (Å²) in [5, 5.41) is 8.37. The Kier molecular flexibility index (Phi) is 7.75. The Morgan fingerprint density at radius 1 is 1.08 bits per heavy atom. The maximum absolute atomic E-state index is 12.7. The van der Waals surface area contributed by atoms with Gasteiger partial charge in [-0.15, -0.1) is 0 Å². The van der Waals surface area contributed by atoms with Crippen molar-refractivity contribution >= 4 is 39.5 Å². The van der Waals surface area contributed by atoms with E-state index < -0.39 is 0 Å². The summed E-state index contributed by atoms with van der Waals surface area (Å²) in [6.45, 7) is 6.13. The van der Waals surface area contributed by atoms with Gasteiger partial charge in [0.2, 0.25) is 0 Å². The van der Waals surface area contributed by atoms with Gasteiger partial charge >= 0.3 is 0 Å². The normalized spacial score (nSPS) is 14.8. The van der Waals surface area contributed by atoms with Crippen LogP contribution in [0.3, 0.4) is 0 Å². The molecule has 2 aromatic heterocycles. The number of amidine groups is 1. The van der Waals surface area contributed by atoms with Crippen molar-refractivity contribution in [2.75, 3.05) is 38.5 Å². The number of hydrogen-bond donors (Lipinski definition) is 3. The maximum Gasteiger partial charge on any atom is 0.256 e. The Bertz CT molecular complexity index is 1400. The highest BCUT2D eigenvalue weighted by Crippen LogP contribution is 2.31. The van der Waals surface area contributed by atoms with E-state index in [1.807, 2.05) is 36.4 Å². The van der Waals surface area contributed by atoms with Gasteiger partial charge in [-0.25, -0.2) is 9.97 Å². The van der Waals surface area contributed by atoms with Crippen molar-refractivity contribution in [3.63, 3.8) is 0 Å². The SMILES string of the molecule is C/N=C(/C)NC(=O)c1ccc2c(c1)[nH]c1nc(Cc3ccccc3)nc(NCCCN3CCCCC3)c12. The minimum atomic E-state index is -0.185. The Hall–Kier alpha value is -3.78. The van der Waals surface area contributed by atoms with Crippen molar-refractivity contribution in [1.82, 2.24) is 25.2 Å². The highest BCUT2D eigenvalue weighted by Gasteiger charge is 2.17. The molecule has 1 aliphatic rings. The second-order valence-corrected chi connectivity index (χ2v) is 9.71. The van der Waals surface area contributed by atoms with Gasteiger partial charge in [-0.3, -0.25) is 9.79 Å². The average molecular weight is 498 g/mol. The van der Waals surface area contributed by atoms with Gasteiger partial charge in [-0.2, -0.15) is 0 Å². The van der Waals surface area contributed by atoms with E-state index in [9.17, 15) is 4.79 Å². The molecule has 1 amide bonds. The maximum atomic E-state index is 12.7. The zero-order chi connectivity index (χ0) is 25.6. The molecule has 0 aliphatic carbocycles. The summed E-state index contributed by atoms with van der Waals surface area (Å²) >= 11 is 0. The predicted molar refractivity (Wildman–Crippen MR) is 151 cm³/mol. The highest BCUT2D eigenvalue weighted by molar-refractivity contribution is 6.13. The summed E-state index contributed by atoms with van der Waals surface area (Å²) in [6, 6.07) is 16.0. The molecule has 8 heteroatoms. The molecule has 0 bridgehead atoms. The summed E-state index contributed by atoms with van der Waals surface area (Å²) in [5.41, 5.74) is 3.37. The van der Waals surface area contributed by atoms with Crippen molar-refractivity contribution in [3.05, 3.63) is 65.5 Å². The molecule has 0 radical (unpaired) electrons. The number of aromatic amines is 1. The van der Waals surface area contributed by atoms with E-state index >= 15 is 0 Å². The van der Waals surface area contributed by atoms with Crippen LogP contribution in [0.4, 0.5) is 5.82 Å². The van der Waals surface area contributed by atoms with Crippen molar-refractivity contribution in [2.24, 2.45) is 4.99 Å². The molecular weight excluding hydrogens is 462 g/mol. The number of benzene rings is 2. The fourth-order valence-electron chi connectivity index (χ4n) is 4.96. The molecule has 0 spiro atoms. The standard InChI is InChI=1S/C29H35N7O/c1-20(30-2)32-29(37)22-12-13-23-24(19-22)33-28-26(23)27(31-14-9-17-36-15-7-4-8-16-36)34-25(35-28)18-21-10-5-3-6-11-21/h3,5-6,10-13,19H,4,7-9,14-18H2,1-2H3,(H,30,32,37)(H2,31,33,34,35). The number of piperidine rings is 1. The second kappa shape index (κ2) is 11.5. The van der Waals surface area contributed by atoms with Gasteiger partial charge in [0.05, 0.1) is 11.2 Å². The molecule has 0 unspecified atom stereocenters. The quantitative estimate of drug-likeness (QED) is 0.185. The Morgan fingerprint density at radius 2 is 1.89 bits per heavy atom. The van der Waals surface area contributed by atoms with Crippen LogP contribution in [0.1, 0.15) is 54.4 Å². The van der Waals surface area contributed by atoms with Crippen LogP contribution in [0.2, 0.25) is 0 Å². The van der Waals surface area contributed by atoms with Gasteiger partial charge in [0, 0.05) is 36.5 Å². The lowest BCUT2D eigenvalue weighted by Gasteiger charge is -2.26. The molecule has 3 N–H and O–H groups in total. The van der Waals surface area contributed by atoms with E-state index in [0.29, 0.717) is 17.8 Å². The zero-order valence-corrected chi connectivity index (χ0v) is 21.7. The Morgan fingerprint density at radius 3 is 2.68 bits per heavy atom. The first kappa shape index (κ1) is 24.9. The van der Waals surface area contributed by atoms with Gasteiger partial charge in [0.15, 0.2) is 0 Å². The third kappa shape index (κ3) is 5.97. The summed E-state index contributed by atoms with van der Waals surface area (Å²) in [7, 11) is 1.66.